The fourth-order valence-electron chi connectivity index (χ4n) is 4.19. The molecule has 0 saturated carbocycles. The Bertz CT molecular complexity index is 1040. The van der Waals surface area contributed by atoms with Crippen LogP contribution in [-0.4, -0.2) is 66.8 Å². The molecule has 168 valence electrons. The molecule has 0 unspecified atom stereocenters. The Balaban J connectivity index is 1.49. The molecule has 0 radical (unpaired) electrons. The van der Waals surface area contributed by atoms with Crippen LogP contribution >= 0.6 is 11.3 Å². The highest BCUT2D eigenvalue weighted by Crippen LogP contribution is 2.33. The average Bonchev–Trinajstić information content (AvgIpc) is 3.19. The first-order chi connectivity index (χ1) is 14.8. The second-order valence-electron chi connectivity index (χ2n) is 7.99. The third-order valence-corrected chi connectivity index (χ3v) is 8.58. The van der Waals surface area contributed by atoms with Gasteiger partial charge in [0.15, 0.2) is 0 Å². The zero-order valence-electron chi connectivity index (χ0n) is 17.6. The molecular weight excluding hydrogens is 438 g/mol. The lowest BCUT2D eigenvalue weighted by atomic mass is 10.2. The highest BCUT2D eigenvalue weighted by molar-refractivity contribution is 7.89. The van der Waals surface area contributed by atoms with Gasteiger partial charge in [0.2, 0.25) is 10.0 Å². The normalized spacial score (nSPS) is 18.9. The lowest BCUT2D eigenvalue weighted by molar-refractivity contribution is -0.384. The molecule has 2 fully saturated rings. The van der Waals surface area contributed by atoms with Crippen molar-refractivity contribution in [3.8, 4) is 0 Å². The first-order valence-electron chi connectivity index (χ1n) is 10.5. The van der Waals surface area contributed by atoms with E-state index < -0.39 is 14.9 Å². The molecule has 3 heterocycles. The Morgan fingerprint density at radius 3 is 2.42 bits per heavy atom. The third kappa shape index (κ3) is 4.89. The van der Waals surface area contributed by atoms with E-state index in [2.05, 4.69) is 15.3 Å². The van der Waals surface area contributed by atoms with Crippen LogP contribution in [0.15, 0.2) is 28.5 Å². The minimum atomic E-state index is -3.71. The summed E-state index contributed by atoms with van der Waals surface area (Å²) in [7, 11) is -3.71. The van der Waals surface area contributed by atoms with Crippen molar-refractivity contribution in [2.75, 3.05) is 44.2 Å². The Morgan fingerprint density at radius 1 is 1.10 bits per heavy atom. The number of piperidine rings is 1. The van der Waals surface area contributed by atoms with Crippen LogP contribution in [-0.2, 0) is 16.6 Å². The summed E-state index contributed by atoms with van der Waals surface area (Å²) >= 11 is 1.63. The minimum Gasteiger partial charge on any atom is -0.363 e. The first kappa shape index (κ1) is 22.1. The number of aryl methyl sites for hydroxylation is 1. The topological polar surface area (TPSA) is 99.9 Å². The zero-order chi connectivity index (χ0) is 22.0. The Labute approximate surface area is 186 Å². The number of nitro benzene ring substituents is 1. The number of nitrogens with zero attached hydrogens (tertiary/aromatic N) is 5. The van der Waals surface area contributed by atoms with Crippen molar-refractivity contribution < 1.29 is 13.3 Å². The summed E-state index contributed by atoms with van der Waals surface area (Å²) < 4.78 is 27.3. The summed E-state index contributed by atoms with van der Waals surface area (Å²) in [6.45, 7) is 6.51. The minimum absolute atomic E-state index is 0.00221. The van der Waals surface area contributed by atoms with Crippen LogP contribution in [0.4, 0.5) is 11.4 Å². The van der Waals surface area contributed by atoms with Crippen molar-refractivity contribution in [2.24, 2.45) is 0 Å². The fraction of sp³-hybridized carbons (Fsp3) is 0.550. The van der Waals surface area contributed by atoms with Gasteiger partial charge in [0.05, 0.1) is 20.5 Å². The van der Waals surface area contributed by atoms with Gasteiger partial charge in [-0.25, -0.2) is 13.4 Å². The predicted molar refractivity (Wildman–Crippen MR) is 120 cm³/mol. The molecule has 9 nitrogen and oxygen atoms in total. The molecule has 2 aliphatic rings. The van der Waals surface area contributed by atoms with Crippen LogP contribution in [0, 0.1) is 17.0 Å². The van der Waals surface area contributed by atoms with Crippen LogP contribution in [0.3, 0.4) is 0 Å². The number of hydrogen-bond donors (Lipinski definition) is 0. The molecule has 2 saturated heterocycles. The van der Waals surface area contributed by atoms with E-state index in [9.17, 15) is 18.5 Å². The van der Waals surface area contributed by atoms with E-state index >= 15 is 0 Å². The van der Waals surface area contributed by atoms with E-state index in [1.807, 2.05) is 11.8 Å². The van der Waals surface area contributed by atoms with Crippen molar-refractivity contribution in [1.82, 2.24) is 14.2 Å². The number of thiazole rings is 1. The van der Waals surface area contributed by atoms with Crippen LogP contribution < -0.4 is 4.90 Å². The number of rotatable bonds is 6. The number of piperazine rings is 1. The largest absolute Gasteiger partial charge is 0.363 e. The summed E-state index contributed by atoms with van der Waals surface area (Å²) in [6, 6.07) is 4.33. The number of hydrogen-bond acceptors (Lipinski definition) is 8. The molecule has 11 heteroatoms. The summed E-state index contributed by atoms with van der Waals surface area (Å²) in [5.41, 5.74) is 1.38. The summed E-state index contributed by atoms with van der Waals surface area (Å²) in [6.07, 6.45) is 2.66. The molecule has 2 aliphatic heterocycles. The van der Waals surface area contributed by atoms with Crippen LogP contribution in [0.1, 0.15) is 30.0 Å². The summed E-state index contributed by atoms with van der Waals surface area (Å²) in [4.78, 5) is 20.1. The molecule has 0 N–H and O–H groups in total. The monoisotopic (exact) mass is 465 g/mol. The molecule has 31 heavy (non-hydrogen) atoms. The number of aromatic nitrogens is 1. The van der Waals surface area contributed by atoms with Gasteiger partial charge in [-0.3, -0.25) is 15.0 Å². The second-order valence-corrected chi connectivity index (χ2v) is 11.0. The number of anilines is 1. The second kappa shape index (κ2) is 9.19. The highest BCUT2D eigenvalue weighted by atomic mass is 32.2. The van der Waals surface area contributed by atoms with Gasteiger partial charge in [-0.05, 0) is 31.9 Å². The third-order valence-electron chi connectivity index (χ3n) is 5.86. The first-order valence-corrected chi connectivity index (χ1v) is 12.8. The standard InChI is InChI=1S/C20H27N5O4S2/c1-16-21-17(15-30-16)14-22-9-11-23(12-10-22)19-6-5-18(13-20(19)25(26)27)31(28,29)24-7-3-2-4-8-24/h5-6,13,15H,2-4,7-12,14H2,1H3. The molecule has 0 aliphatic carbocycles. The lowest BCUT2D eigenvalue weighted by Crippen LogP contribution is -2.46. The molecule has 1 aromatic carbocycles. The summed E-state index contributed by atoms with van der Waals surface area (Å²) in [5.74, 6) is 0. The average molecular weight is 466 g/mol. The lowest BCUT2D eigenvalue weighted by Gasteiger charge is -2.35. The van der Waals surface area contributed by atoms with Crippen molar-refractivity contribution in [1.29, 1.82) is 0 Å². The number of nitro groups is 1. The molecule has 4 rings (SSSR count). The van der Waals surface area contributed by atoms with Crippen molar-refractivity contribution in [3.63, 3.8) is 0 Å². The Hall–Kier alpha value is -2.08. The van der Waals surface area contributed by atoms with Gasteiger partial charge >= 0.3 is 0 Å². The van der Waals surface area contributed by atoms with Crippen LogP contribution in [0.25, 0.3) is 0 Å². The van der Waals surface area contributed by atoms with Crippen molar-refractivity contribution in [3.05, 3.63) is 44.4 Å². The molecule has 0 spiro atoms. The maximum absolute atomic E-state index is 12.9. The van der Waals surface area contributed by atoms with E-state index in [0.717, 1.165) is 49.6 Å². The van der Waals surface area contributed by atoms with E-state index in [1.165, 1.54) is 16.4 Å². The molecule has 2 aromatic rings. The van der Waals surface area contributed by atoms with Crippen molar-refractivity contribution >= 4 is 32.7 Å². The molecule has 0 amide bonds. The number of benzene rings is 1. The maximum Gasteiger partial charge on any atom is 0.293 e. The Kier molecular flexibility index (Phi) is 6.56. The van der Waals surface area contributed by atoms with Gasteiger partial charge in [0, 0.05) is 57.3 Å². The van der Waals surface area contributed by atoms with Crippen molar-refractivity contribution in [2.45, 2.75) is 37.6 Å². The summed E-state index contributed by atoms with van der Waals surface area (Å²) in [5, 5.41) is 14.9. The predicted octanol–water partition coefficient (Wildman–Crippen LogP) is 2.86. The highest BCUT2D eigenvalue weighted by Gasteiger charge is 2.30. The number of sulfonamides is 1. The van der Waals surface area contributed by atoms with Gasteiger partial charge in [0.1, 0.15) is 5.69 Å². The maximum atomic E-state index is 12.9. The molecule has 0 bridgehead atoms. The van der Waals surface area contributed by atoms with Gasteiger partial charge in [-0.15, -0.1) is 11.3 Å². The van der Waals surface area contributed by atoms with Crippen LogP contribution in [0.2, 0.25) is 0 Å². The SMILES string of the molecule is Cc1nc(CN2CCN(c3ccc(S(=O)(=O)N4CCCCC4)cc3[N+](=O)[O-])CC2)cs1. The fourth-order valence-corrected chi connectivity index (χ4v) is 6.33. The molecule has 0 atom stereocenters. The van der Waals surface area contributed by atoms with Gasteiger partial charge < -0.3 is 4.90 Å². The van der Waals surface area contributed by atoms with Gasteiger partial charge in [-0.1, -0.05) is 6.42 Å². The quantitative estimate of drug-likeness (QED) is 0.478. The van der Waals surface area contributed by atoms with Crippen LogP contribution in [0.5, 0.6) is 0 Å². The molecular formula is C20H27N5O4S2. The van der Waals surface area contributed by atoms with Gasteiger partial charge in [0.25, 0.3) is 5.69 Å². The van der Waals surface area contributed by atoms with E-state index in [4.69, 9.17) is 0 Å². The zero-order valence-corrected chi connectivity index (χ0v) is 19.2. The van der Waals surface area contributed by atoms with E-state index in [-0.39, 0.29) is 10.6 Å². The smallest absolute Gasteiger partial charge is 0.293 e. The Morgan fingerprint density at radius 2 is 1.81 bits per heavy atom. The molecule has 1 aromatic heterocycles. The van der Waals surface area contributed by atoms with Gasteiger partial charge in [-0.2, -0.15) is 4.31 Å². The van der Waals surface area contributed by atoms with E-state index in [0.29, 0.717) is 31.9 Å². The van der Waals surface area contributed by atoms with E-state index in [1.54, 1.807) is 17.4 Å².